The largest absolute Gasteiger partial charge is 0.375 e. The van der Waals surface area contributed by atoms with Crippen molar-refractivity contribution in [1.29, 1.82) is 0 Å². The van der Waals surface area contributed by atoms with Crippen LogP contribution in [0, 0.1) is 0 Å². The molecular formula is C6H7N5S. The third-order valence-corrected chi connectivity index (χ3v) is 1.05. The van der Waals surface area contributed by atoms with Gasteiger partial charge in [-0.2, -0.15) is 5.10 Å². The highest BCUT2D eigenvalue weighted by molar-refractivity contribution is 7.80. The minimum atomic E-state index is 0.121. The Labute approximate surface area is 74.7 Å². The first-order valence-corrected chi connectivity index (χ1v) is 3.54. The number of nitrogens with one attached hydrogen (secondary N) is 1. The predicted molar refractivity (Wildman–Crippen MR) is 49.5 cm³/mol. The van der Waals surface area contributed by atoms with Crippen LogP contribution in [-0.4, -0.2) is 21.3 Å². The van der Waals surface area contributed by atoms with Crippen molar-refractivity contribution in [1.82, 2.24) is 15.4 Å². The fourth-order valence-electron chi connectivity index (χ4n) is 0.539. The fourth-order valence-corrected chi connectivity index (χ4v) is 0.592. The summed E-state index contributed by atoms with van der Waals surface area (Å²) in [6.45, 7) is 0. The van der Waals surface area contributed by atoms with Crippen LogP contribution in [0.4, 0.5) is 0 Å². The maximum absolute atomic E-state index is 5.13. The molecule has 1 aromatic rings. The van der Waals surface area contributed by atoms with Crippen LogP contribution in [-0.2, 0) is 0 Å². The fraction of sp³-hybridized carbons (Fsp3) is 0. The van der Waals surface area contributed by atoms with Gasteiger partial charge in [0, 0.05) is 12.4 Å². The molecule has 5 nitrogen and oxygen atoms in total. The summed E-state index contributed by atoms with van der Waals surface area (Å²) < 4.78 is 0. The van der Waals surface area contributed by atoms with E-state index in [0.29, 0.717) is 5.69 Å². The van der Waals surface area contributed by atoms with Crippen molar-refractivity contribution in [3.63, 3.8) is 0 Å². The van der Waals surface area contributed by atoms with Gasteiger partial charge in [0.05, 0.1) is 12.4 Å². The molecular weight excluding hydrogens is 174 g/mol. The second-order valence-electron chi connectivity index (χ2n) is 1.86. The second-order valence-corrected chi connectivity index (χ2v) is 2.30. The summed E-state index contributed by atoms with van der Waals surface area (Å²) >= 11 is 4.53. The molecule has 0 radical (unpaired) electrons. The summed E-state index contributed by atoms with van der Waals surface area (Å²) in [5.74, 6) is 0. The zero-order valence-electron chi connectivity index (χ0n) is 6.14. The van der Waals surface area contributed by atoms with E-state index < -0.39 is 0 Å². The van der Waals surface area contributed by atoms with Gasteiger partial charge in [-0.3, -0.25) is 15.4 Å². The van der Waals surface area contributed by atoms with Crippen molar-refractivity contribution in [2.45, 2.75) is 0 Å². The number of nitrogens with zero attached hydrogens (tertiary/aromatic N) is 3. The molecule has 12 heavy (non-hydrogen) atoms. The molecule has 0 spiro atoms. The lowest BCUT2D eigenvalue weighted by Gasteiger charge is -1.92. The normalized spacial score (nSPS) is 10.0. The first-order valence-electron chi connectivity index (χ1n) is 3.13. The van der Waals surface area contributed by atoms with Crippen molar-refractivity contribution < 1.29 is 0 Å². The minimum Gasteiger partial charge on any atom is -0.375 e. The highest BCUT2D eigenvalue weighted by Crippen LogP contribution is 1.82. The lowest BCUT2D eigenvalue weighted by atomic mass is 10.5. The molecule has 0 unspecified atom stereocenters. The van der Waals surface area contributed by atoms with Gasteiger partial charge < -0.3 is 5.73 Å². The first kappa shape index (κ1) is 8.54. The highest BCUT2D eigenvalue weighted by Gasteiger charge is 1.85. The molecule has 0 aliphatic carbocycles. The van der Waals surface area contributed by atoms with Gasteiger partial charge in [-0.1, -0.05) is 0 Å². The molecule has 1 rings (SSSR count). The average molecular weight is 181 g/mol. The van der Waals surface area contributed by atoms with E-state index in [1.165, 1.54) is 6.21 Å². The van der Waals surface area contributed by atoms with Crippen LogP contribution in [0.25, 0.3) is 0 Å². The molecule has 0 saturated carbocycles. The number of rotatable bonds is 2. The molecule has 62 valence electrons. The van der Waals surface area contributed by atoms with Crippen LogP contribution in [0.2, 0.25) is 0 Å². The number of nitrogens with two attached hydrogens (primary N) is 1. The Kier molecular flexibility index (Phi) is 3.09. The molecule has 0 amide bonds. The molecule has 1 aromatic heterocycles. The summed E-state index contributed by atoms with van der Waals surface area (Å²) in [6, 6.07) is 0. The van der Waals surface area contributed by atoms with E-state index in [4.69, 9.17) is 5.73 Å². The van der Waals surface area contributed by atoms with E-state index in [0.717, 1.165) is 0 Å². The van der Waals surface area contributed by atoms with Crippen LogP contribution >= 0.6 is 12.2 Å². The van der Waals surface area contributed by atoms with E-state index in [1.54, 1.807) is 18.6 Å². The summed E-state index contributed by atoms with van der Waals surface area (Å²) in [7, 11) is 0. The van der Waals surface area contributed by atoms with Gasteiger partial charge in [-0.05, 0) is 12.2 Å². The summed E-state index contributed by atoms with van der Waals surface area (Å²) in [5, 5.41) is 3.82. The number of thiocarbonyl (C=S) groups is 1. The Morgan fingerprint density at radius 3 is 3.08 bits per heavy atom. The molecule has 0 fully saturated rings. The van der Waals surface area contributed by atoms with Gasteiger partial charge in [0.25, 0.3) is 0 Å². The van der Waals surface area contributed by atoms with E-state index in [-0.39, 0.29) is 5.11 Å². The Bertz CT molecular complexity index is 283. The van der Waals surface area contributed by atoms with E-state index in [2.05, 4.69) is 32.7 Å². The van der Waals surface area contributed by atoms with Gasteiger partial charge in [-0.15, -0.1) is 0 Å². The second kappa shape index (κ2) is 4.35. The summed E-state index contributed by atoms with van der Waals surface area (Å²) in [5.41, 5.74) is 8.17. The smallest absolute Gasteiger partial charge is 0.184 e. The lowest BCUT2D eigenvalue weighted by molar-refractivity contribution is 1.04. The maximum atomic E-state index is 5.13. The van der Waals surface area contributed by atoms with E-state index >= 15 is 0 Å². The maximum Gasteiger partial charge on any atom is 0.184 e. The third kappa shape index (κ3) is 3.02. The quantitative estimate of drug-likeness (QED) is 0.370. The zero-order chi connectivity index (χ0) is 8.81. The van der Waals surface area contributed by atoms with Crippen molar-refractivity contribution in [2.24, 2.45) is 10.8 Å². The minimum absolute atomic E-state index is 0.121. The molecule has 1 heterocycles. The average Bonchev–Trinajstić information content (AvgIpc) is 2.05. The number of aromatic nitrogens is 2. The van der Waals surface area contributed by atoms with Crippen LogP contribution in [0.3, 0.4) is 0 Å². The lowest BCUT2D eigenvalue weighted by Crippen LogP contribution is -2.24. The van der Waals surface area contributed by atoms with Gasteiger partial charge >= 0.3 is 0 Å². The van der Waals surface area contributed by atoms with Crippen LogP contribution in [0.5, 0.6) is 0 Å². The zero-order valence-corrected chi connectivity index (χ0v) is 6.95. The molecule has 0 atom stereocenters. The Balaban J connectivity index is 2.52. The van der Waals surface area contributed by atoms with Crippen LogP contribution in [0.1, 0.15) is 5.69 Å². The molecule has 0 bridgehead atoms. The van der Waals surface area contributed by atoms with Gasteiger partial charge in [0.15, 0.2) is 5.11 Å². The SMILES string of the molecule is NC(=S)N/N=C\c1cnccn1. The summed E-state index contributed by atoms with van der Waals surface area (Å²) in [4.78, 5) is 7.78. The van der Waals surface area contributed by atoms with E-state index in [1.807, 2.05) is 0 Å². The number of hydrogen-bond donors (Lipinski definition) is 2. The van der Waals surface area contributed by atoms with Crippen molar-refractivity contribution in [3.8, 4) is 0 Å². The van der Waals surface area contributed by atoms with Gasteiger partial charge in [-0.25, -0.2) is 0 Å². The van der Waals surface area contributed by atoms with Crippen molar-refractivity contribution >= 4 is 23.5 Å². The molecule has 0 aliphatic rings. The molecule has 0 saturated heterocycles. The van der Waals surface area contributed by atoms with E-state index in [9.17, 15) is 0 Å². The highest BCUT2D eigenvalue weighted by atomic mass is 32.1. The monoisotopic (exact) mass is 181 g/mol. The Morgan fingerprint density at radius 1 is 1.67 bits per heavy atom. The topological polar surface area (TPSA) is 76.2 Å². The standard InChI is InChI=1S/C6H7N5S/c7-6(12)11-10-4-5-3-8-1-2-9-5/h1-4H,(H3,7,11,12)/b10-4-. The van der Waals surface area contributed by atoms with Crippen molar-refractivity contribution in [2.75, 3.05) is 0 Å². The molecule has 3 N–H and O–H groups in total. The van der Waals surface area contributed by atoms with Gasteiger partial charge in [0.2, 0.25) is 0 Å². The molecule has 0 aromatic carbocycles. The van der Waals surface area contributed by atoms with Crippen LogP contribution in [0.15, 0.2) is 23.7 Å². The Hall–Kier alpha value is -1.56. The molecule has 0 aliphatic heterocycles. The molecule has 6 heteroatoms. The predicted octanol–water partition coefficient (Wildman–Crippen LogP) is -0.356. The third-order valence-electron chi connectivity index (χ3n) is 0.955. The van der Waals surface area contributed by atoms with Gasteiger partial charge in [0.1, 0.15) is 5.69 Å². The Morgan fingerprint density at radius 2 is 2.50 bits per heavy atom. The first-order chi connectivity index (χ1) is 5.79. The summed E-state index contributed by atoms with van der Waals surface area (Å²) in [6.07, 6.45) is 6.21. The van der Waals surface area contributed by atoms with Crippen molar-refractivity contribution in [3.05, 3.63) is 24.3 Å². The number of hydrogen-bond acceptors (Lipinski definition) is 4. The van der Waals surface area contributed by atoms with Crippen LogP contribution < -0.4 is 11.2 Å². The number of hydrazone groups is 1.